The van der Waals surface area contributed by atoms with E-state index in [1.807, 2.05) is 70.5 Å². The number of carbonyl (C=O) groups excluding carboxylic acids is 2. The summed E-state index contributed by atoms with van der Waals surface area (Å²) in [6.07, 6.45) is 3.36. The first-order valence-electron chi connectivity index (χ1n) is 16.1. The molecule has 9 heteroatoms. The Morgan fingerprint density at radius 1 is 1.07 bits per heavy atom. The van der Waals surface area contributed by atoms with Gasteiger partial charge in [-0.05, 0) is 59.4 Å². The minimum Gasteiger partial charge on any atom is -0.493 e. The van der Waals surface area contributed by atoms with Gasteiger partial charge in [0.2, 0.25) is 11.8 Å². The second-order valence-electron chi connectivity index (χ2n) is 12.3. The number of para-hydroxylation sites is 1. The normalized spacial score (nSPS) is 20.6. The van der Waals surface area contributed by atoms with Gasteiger partial charge >= 0.3 is 5.97 Å². The zero-order valence-electron chi connectivity index (χ0n) is 25.9. The second-order valence-corrected chi connectivity index (χ2v) is 12.3. The van der Waals surface area contributed by atoms with Gasteiger partial charge in [0, 0.05) is 55.9 Å². The third-order valence-electron chi connectivity index (χ3n) is 9.58. The van der Waals surface area contributed by atoms with Crippen molar-refractivity contribution in [2.45, 2.75) is 57.5 Å². The van der Waals surface area contributed by atoms with E-state index in [1.165, 1.54) is 0 Å². The van der Waals surface area contributed by atoms with Crippen LogP contribution in [0.1, 0.15) is 54.4 Å². The summed E-state index contributed by atoms with van der Waals surface area (Å²) in [5.41, 5.74) is 11.6. The fourth-order valence-electron chi connectivity index (χ4n) is 7.27. The molecule has 0 spiro atoms. The van der Waals surface area contributed by atoms with Gasteiger partial charge in [-0.3, -0.25) is 19.3 Å². The number of fused-ring (bicyclic) bond motifs is 2. The van der Waals surface area contributed by atoms with Crippen molar-refractivity contribution < 1.29 is 24.2 Å². The van der Waals surface area contributed by atoms with Crippen molar-refractivity contribution in [3.63, 3.8) is 0 Å². The van der Waals surface area contributed by atoms with Crippen LogP contribution in [-0.4, -0.2) is 66.6 Å². The van der Waals surface area contributed by atoms with Crippen molar-refractivity contribution in [2.75, 3.05) is 42.6 Å². The average Bonchev–Trinajstić information content (AvgIpc) is 3.74. The zero-order valence-corrected chi connectivity index (χ0v) is 25.9. The quantitative estimate of drug-likeness (QED) is 0.313. The van der Waals surface area contributed by atoms with Crippen LogP contribution in [0.5, 0.6) is 5.75 Å². The molecular formula is C36H42N4O5. The molecule has 3 aliphatic rings. The highest BCUT2D eigenvalue weighted by Crippen LogP contribution is 2.42. The molecule has 0 radical (unpaired) electrons. The molecule has 6 rings (SSSR count). The van der Waals surface area contributed by atoms with Gasteiger partial charge in [-0.15, -0.1) is 0 Å². The second kappa shape index (κ2) is 13.4. The molecule has 236 valence electrons. The SMILES string of the molecule is CCCCN(C(=O)CN1C[C@H](c2ccc3c(c2)CCO3)[C@@H](C(=O)O)[C@@H]1CCN1C(=O)Cc2ccccc21)c1cccc(CN)c1. The molecule has 3 atom stereocenters. The minimum atomic E-state index is -0.886. The maximum Gasteiger partial charge on any atom is 0.308 e. The van der Waals surface area contributed by atoms with Crippen LogP contribution < -0.4 is 20.3 Å². The number of ether oxygens (including phenoxy) is 1. The fraction of sp³-hybridized carbons (Fsp3) is 0.417. The van der Waals surface area contributed by atoms with E-state index in [-0.39, 0.29) is 24.3 Å². The predicted octanol–water partition coefficient (Wildman–Crippen LogP) is 4.36. The van der Waals surface area contributed by atoms with E-state index in [0.29, 0.717) is 45.6 Å². The summed E-state index contributed by atoms with van der Waals surface area (Å²) >= 11 is 0. The molecule has 3 heterocycles. The third-order valence-corrected chi connectivity index (χ3v) is 9.58. The highest BCUT2D eigenvalue weighted by atomic mass is 16.5. The van der Waals surface area contributed by atoms with Crippen molar-refractivity contribution in [3.8, 4) is 5.75 Å². The molecule has 3 aliphatic heterocycles. The van der Waals surface area contributed by atoms with Crippen LogP contribution in [0, 0.1) is 5.92 Å². The number of carboxylic acid groups (broad SMARTS) is 1. The van der Waals surface area contributed by atoms with E-state index in [2.05, 4.69) is 13.0 Å². The molecule has 3 aromatic carbocycles. The molecule has 0 bridgehead atoms. The van der Waals surface area contributed by atoms with Gasteiger partial charge in [0.15, 0.2) is 0 Å². The lowest BCUT2D eigenvalue weighted by atomic mass is 9.83. The molecule has 45 heavy (non-hydrogen) atoms. The Morgan fingerprint density at radius 3 is 2.71 bits per heavy atom. The Kier molecular flexibility index (Phi) is 9.19. The van der Waals surface area contributed by atoms with E-state index in [0.717, 1.165) is 58.6 Å². The Balaban J connectivity index is 1.30. The fourth-order valence-corrected chi connectivity index (χ4v) is 7.27. The summed E-state index contributed by atoms with van der Waals surface area (Å²) in [7, 11) is 0. The Labute approximate surface area is 264 Å². The van der Waals surface area contributed by atoms with Gasteiger partial charge in [-0.2, -0.15) is 0 Å². The van der Waals surface area contributed by atoms with Crippen LogP contribution in [0.4, 0.5) is 11.4 Å². The number of rotatable bonds is 12. The third kappa shape index (κ3) is 6.32. The molecule has 9 nitrogen and oxygen atoms in total. The summed E-state index contributed by atoms with van der Waals surface area (Å²) in [6, 6.07) is 21.1. The van der Waals surface area contributed by atoms with Crippen molar-refractivity contribution in [3.05, 3.63) is 89.0 Å². The largest absolute Gasteiger partial charge is 0.493 e. The van der Waals surface area contributed by atoms with Crippen molar-refractivity contribution >= 4 is 29.2 Å². The molecular weight excluding hydrogens is 568 g/mol. The van der Waals surface area contributed by atoms with Crippen molar-refractivity contribution in [2.24, 2.45) is 11.7 Å². The molecule has 2 amide bonds. The molecule has 3 aromatic rings. The highest BCUT2D eigenvalue weighted by molar-refractivity contribution is 6.01. The van der Waals surface area contributed by atoms with Crippen LogP contribution in [0.25, 0.3) is 0 Å². The summed E-state index contributed by atoms with van der Waals surface area (Å²) in [5, 5.41) is 10.7. The lowest BCUT2D eigenvalue weighted by Gasteiger charge is -2.31. The smallest absolute Gasteiger partial charge is 0.308 e. The highest BCUT2D eigenvalue weighted by Gasteiger charge is 2.47. The van der Waals surface area contributed by atoms with E-state index in [4.69, 9.17) is 10.5 Å². The molecule has 0 aliphatic carbocycles. The lowest BCUT2D eigenvalue weighted by molar-refractivity contribution is -0.143. The van der Waals surface area contributed by atoms with Gasteiger partial charge in [0.1, 0.15) is 5.75 Å². The van der Waals surface area contributed by atoms with E-state index in [1.54, 1.807) is 4.90 Å². The predicted molar refractivity (Wildman–Crippen MR) is 174 cm³/mol. The zero-order chi connectivity index (χ0) is 31.5. The lowest BCUT2D eigenvalue weighted by Crippen LogP contribution is -2.46. The number of likely N-dealkylation sites (tertiary alicyclic amines) is 1. The number of carbonyl (C=O) groups is 3. The number of hydrogen-bond donors (Lipinski definition) is 2. The van der Waals surface area contributed by atoms with Crippen molar-refractivity contribution in [1.29, 1.82) is 0 Å². The maximum atomic E-state index is 14.1. The maximum absolute atomic E-state index is 14.1. The Bertz CT molecular complexity index is 1570. The van der Waals surface area contributed by atoms with E-state index in [9.17, 15) is 19.5 Å². The number of anilines is 2. The van der Waals surface area contributed by atoms with Crippen LogP contribution in [-0.2, 0) is 33.8 Å². The Hall–Kier alpha value is -4.21. The molecule has 0 aromatic heterocycles. The van der Waals surface area contributed by atoms with Crippen molar-refractivity contribution in [1.82, 2.24) is 4.90 Å². The number of nitrogens with zero attached hydrogens (tertiary/aromatic N) is 3. The monoisotopic (exact) mass is 610 g/mol. The van der Waals surface area contributed by atoms with Crippen LogP contribution in [0.2, 0.25) is 0 Å². The summed E-state index contributed by atoms with van der Waals surface area (Å²) in [5.74, 6) is -1.14. The van der Waals surface area contributed by atoms with Gasteiger partial charge in [-0.25, -0.2) is 0 Å². The van der Waals surface area contributed by atoms with Gasteiger partial charge in [0.05, 0.1) is 25.5 Å². The van der Waals surface area contributed by atoms with E-state index >= 15 is 0 Å². The van der Waals surface area contributed by atoms with Gasteiger partial charge in [0.25, 0.3) is 0 Å². The molecule has 0 saturated carbocycles. The number of aliphatic carboxylic acids is 1. The van der Waals surface area contributed by atoms with Crippen LogP contribution in [0.3, 0.4) is 0 Å². The molecule has 3 N–H and O–H groups in total. The number of nitrogens with two attached hydrogens (primary N) is 1. The summed E-state index contributed by atoms with van der Waals surface area (Å²) in [6.45, 7) is 4.57. The first kappa shape index (κ1) is 30.8. The first-order chi connectivity index (χ1) is 21.9. The summed E-state index contributed by atoms with van der Waals surface area (Å²) < 4.78 is 5.71. The Morgan fingerprint density at radius 2 is 1.91 bits per heavy atom. The van der Waals surface area contributed by atoms with Gasteiger partial charge in [-0.1, -0.05) is 55.8 Å². The first-order valence-corrected chi connectivity index (χ1v) is 16.1. The summed E-state index contributed by atoms with van der Waals surface area (Å²) in [4.78, 5) is 45.8. The standard InChI is InChI=1S/C36H42N4O5/c1-2-3-15-39(28-9-6-7-24(18-28)21-37)34(42)23-38-22-29(25-11-12-32-27(19-25)14-17-45-32)35(36(43)44)31(38)13-16-40-30-10-5-4-8-26(30)20-33(40)41/h4-12,18-19,29,31,35H,2-3,13-17,20-23,37H2,1H3,(H,43,44)/t29-,31+,35-/m1/s1. The number of amides is 2. The number of benzene rings is 3. The van der Waals surface area contributed by atoms with Crippen LogP contribution in [0.15, 0.2) is 66.7 Å². The molecule has 1 saturated heterocycles. The van der Waals surface area contributed by atoms with Gasteiger partial charge < -0.3 is 25.4 Å². The number of carboxylic acids is 1. The number of unbranched alkanes of at least 4 members (excludes halogenated alkanes) is 1. The number of hydrogen-bond acceptors (Lipinski definition) is 6. The molecule has 1 fully saturated rings. The average molecular weight is 611 g/mol. The minimum absolute atomic E-state index is 0.0180. The van der Waals surface area contributed by atoms with Crippen LogP contribution >= 0.6 is 0 Å². The molecule has 0 unspecified atom stereocenters. The van der Waals surface area contributed by atoms with E-state index < -0.39 is 17.9 Å². The topological polar surface area (TPSA) is 116 Å².